The van der Waals surface area contributed by atoms with E-state index in [9.17, 15) is 17.6 Å². The fourth-order valence-corrected chi connectivity index (χ4v) is 4.79. The number of sulfonamides is 1. The lowest BCUT2D eigenvalue weighted by Crippen LogP contribution is -2.38. The van der Waals surface area contributed by atoms with Gasteiger partial charge in [-0.1, -0.05) is 0 Å². The molecule has 2 N–H and O–H groups in total. The lowest BCUT2D eigenvalue weighted by atomic mass is 9.87. The van der Waals surface area contributed by atoms with Gasteiger partial charge in [-0.15, -0.1) is 0 Å². The molecule has 0 heterocycles. The zero-order valence-corrected chi connectivity index (χ0v) is 13.5. The van der Waals surface area contributed by atoms with Crippen molar-refractivity contribution in [2.24, 2.45) is 5.92 Å². The molecule has 1 saturated carbocycles. The Balaban J connectivity index is 2.07. The number of benzene rings is 1. The van der Waals surface area contributed by atoms with E-state index < -0.39 is 27.7 Å². The first kappa shape index (κ1) is 16.4. The van der Waals surface area contributed by atoms with Crippen molar-refractivity contribution in [3.8, 4) is 0 Å². The van der Waals surface area contributed by atoms with Gasteiger partial charge >= 0.3 is 5.97 Å². The van der Waals surface area contributed by atoms with Crippen LogP contribution in [0.4, 0.5) is 4.39 Å². The van der Waals surface area contributed by atoms with Crippen LogP contribution >= 0.6 is 15.9 Å². The Hall–Kier alpha value is -0.990. The number of rotatable bonds is 4. The second kappa shape index (κ2) is 6.41. The summed E-state index contributed by atoms with van der Waals surface area (Å²) in [5, 5.41) is 8.92. The van der Waals surface area contributed by atoms with E-state index in [1.54, 1.807) is 0 Å². The van der Waals surface area contributed by atoms with Gasteiger partial charge < -0.3 is 5.11 Å². The third-order valence-corrected chi connectivity index (χ3v) is 6.08. The molecule has 5 nitrogen and oxygen atoms in total. The molecule has 1 aliphatic carbocycles. The lowest BCUT2D eigenvalue weighted by Gasteiger charge is -2.26. The molecule has 1 aliphatic rings. The molecule has 0 spiro atoms. The van der Waals surface area contributed by atoms with Gasteiger partial charge in [0.25, 0.3) is 0 Å². The van der Waals surface area contributed by atoms with Crippen LogP contribution in [-0.4, -0.2) is 25.5 Å². The fourth-order valence-electron chi connectivity index (χ4n) is 2.43. The van der Waals surface area contributed by atoms with Crippen molar-refractivity contribution in [1.29, 1.82) is 0 Å². The molecule has 8 heteroatoms. The number of halogens is 2. The highest BCUT2D eigenvalue weighted by Crippen LogP contribution is 2.27. The van der Waals surface area contributed by atoms with Crippen molar-refractivity contribution in [2.45, 2.75) is 36.6 Å². The van der Waals surface area contributed by atoms with E-state index in [-0.39, 0.29) is 15.4 Å². The zero-order valence-electron chi connectivity index (χ0n) is 11.1. The summed E-state index contributed by atoms with van der Waals surface area (Å²) in [5.41, 5.74) is 0. The molecule has 0 unspecified atom stereocenters. The minimum atomic E-state index is -3.76. The first-order valence-corrected chi connectivity index (χ1v) is 8.77. The van der Waals surface area contributed by atoms with Crippen LogP contribution in [0.3, 0.4) is 0 Å². The third-order valence-electron chi connectivity index (χ3n) is 3.58. The van der Waals surface area contributed by atoms with Crippen molar-refractivity contribution in [1.82, 2.24) is 4.72 Å². The number of carboxylic acids is 1. The van der Waals surface area contributed by atoms with Crippen LogP contribution in [0.1, 0.15) is 25.7 Å². The van der Waals surface area contributed by atoms with Gasteiger partial charge in [-0.3, -0.25) is 4.79 Å². The summed E-state index contributed by atoms with van der Waals surface area (Å²) in [4.78, 5) is 10.8. The number of hydrogen-bond donors (Lipinski definition) is 2. The van der Waals surface area contributed by atoms with Crippen LogP contribution in [0, 0.1) is 11.7 Å². The standard InChI is InChI=1S/C13H15BrFNO4S/c14-11-7-9(15)3-6-12(11)21(19,20)16-10-4-1-8(2-5-10)13(17)18/h3,6-8,10,16H,1-2,4-5H2,(H,17,18). The largest absolute Gasteiger partial charge is 0.481 e. The smallest absolute Gasteiger partial charge is 0.306 e. The zero-order chi connectivity index (χ0) is 15.6. The Kier molecular flexibility index (Phi) is 5.00. The van der Waals surface area contributed by atoms with Crippen molar-refractivity contribution in [3.05, 3.63) is 28.5 Å². The first-order chi connectivity index (χ1) is 9.79. The summed E-state index contributed by atoms with van der Waals surface area (Å²) in [6.45, 7) is 0. The van der Waals surface area contributed by atoms with E-state index in [2.05, 4.69) is 20.7 Å². The quantitative estimate of drug-likeness (QED) is 0.841. The highest BCUT2D eigenvalue weighted by molar-refractivity contribution is 9.10. The molecule has 116 valence electrons. The van der Waals surface area contributed by atoms with Crippen molar-refractivity contribution in [2.75, 3.05) is 0 Å². The molecule has 1 fully saturated rings. The number of carbonyl (C=O) groups is 1. The van der Waals surface area contributed by atoms with E-state index in [0.717, 1.165) is 12.1 Å². The average Bonchev–Trinajstić information content (AvgIpc) is 2.38. The molecular weight excluding hydrogens is 365 g/mol. The minimum absolute atomic E-state index is 0.0238. The van der Waals surface area contributed by atoms with Gasteiger partial charge in [0.1, 0.15) is 5.82 Å². The topological polar surface area (TPSA) is 83.5 Å². The van der Waals surface area contributed by atoms with Gasteiger partial charge in [-0.25, -0.2) is 17.5 Å². The van der Waals surface area contributed by atoms with Crippen molar-refractivity contribution >= 4 is 31.9 Å². The van der Waals surface area contributed by atoms with Crippen LogP contribution in [0.2, 0.25) is 0 Å². The van der Waals surface area contributed by atoms with Crippen LogP contribution in [-0.2, 0) is 14.8 Å². The Morgan fingerprint density at radius 1 is 1.29 bits per heavy atom. The number of nitrogens with one attached hydrogen (secondary N) is 1. The Labute approximate surface area is 130 Å². The molecule has 0 atom stereocenters. The number of carboxylic acid groups (broad SMARTS) is 1. The van der Waals surface area contributed by atoms with Crippen LogP contribution < -0.4 is 4.72 Å². The van der Waals surface area contributed by atoms with E-state index in [0.29, 0.717) is 25.7 Å². The van der Waals surface area contributed by atoms with E-state index in [4.69, 9.17) is 5.11 Å². The van der Waals surface area contributed by atoms with E-state index in [1.165, 1.54) is 6.07 Å². The highest BCUT2D eigenvalue weighted by Gasteiger charge is 2.29. The van der Waals surface area contributed by atoms with Gasteiger partial charge in [0.05, 0.1) is 10.8 Å². The van der Waals surface area contributed by atoms with Crippen molar-refractivity contribution < 1.29 is 22.7 Å². The van der Waals surface area contributed by atoms with Gasteiger partial charge in [-0.05, 0) is 59.8 Å². The molecule has 0 saturated heterocycles. The normalized spacial score (nSPS) is 23.0. The van der Waals surface area contributed by atoms with Gasteiger partial charge in [0.15, 0.2) is 0 Å². The van der Waals surface area contributed by atoms with Crippen LogP contribution in [0.15, 0.2) is 27.6 Å². The maximum absolute atomic E-state index is 13.0. The maximum Gasteiger partial charge on any atom is 0.306 e. The number of aliphatic carboxylic acids is 1. The van der Waals surface area contributed by atoms with Gasteiger partial charge in [0.2, 0.25) is 10.0 Å². The van der Waals surface area contributed by atoms with Gasteiger partial charge in [-0.2, -0.15) is 0 Å². The average molecular weight is 380 g/mol. The van der Waals surface area contributed by atoms with E-state index >= 15 is 0 Å². The molecule has 2 rings (SSSR count). The highest BCUT2D eigenvalue weighted by atomic mass is 79.9. The third kappa shape index (κ3) is 4.02. The maximum atomic E-state index is 13.0. The second-order valence-corrected chi connectivity index (χ2v) is 7.62. The van der Waals surface area contributed by atoms with Crippen LogP contribution in [0.25, 0.3) is 0 Å². The summed E-state index contributed by atoms with van der Waals surface area (Å²) in [6, 6.07) is 3.09. The SMILES string of the molecule is O=C(O)C1CCC(NS(=O)(=O)c2ccc(F)cc2Br)CC1. The molecule has 1 aromatic carbocycles. The predicted octanol–water partition coefficient (Wildman–Crippen LogP) is 2.51. The molecule has 0 amide bonds. The molecule has 1 aromatic rings. The monoisotopic (exact) mass is 379 g/mol. The Morgan fingerprint density at radius 3 is 2.43 bits per heavy atom. The molecule has 0 radical (unpaired) electrons. The predicted molar refractivity (Wildman–Crippen MR) is 77.8 cm³/mol. The summed E-state index contributed by atoms with van der Waals surface area (Å²) < 4.78 is 40.3. The molecule has 0 bridgehead atoms. The summed E-state index contributed by atoms with van der Waals surface area (Å²) in [5.74, 6) is -1.76. The van der Waals surface area contributed by atoms with Gasteiger partial charge in [0, 0.05) is 10.5 Å². The van der Waals surface area contributed by atoms with Crippen molar-refractivity contribution in [3.63, 3.8) is 0 Å². The van der Waals surface area contributed by atoms with Crippen LogP contribution in [0.5, 0.6) is 0 Å². The Bertz CT molecular complexity index is 642. The number of hydrogen-bond acceptors (Lipinski definition) is 3. The molecular formula is C13H15BrFNO4S. The minimum Gasteiger partial charge on any atom is -0.481 e. The first-order valence-electron chi connectivity index (χ1n) is 6.50. The fraction of sp³-hybridized carbons (Fsp3) is 0.462. The summed E-state index contributed by atoms with van der Waals surface area (Å²) >= 11 is 3.04. The lowest BCUT2D eigenvalue weighted by molar-refractivity contribution is -0.142. The second-order valence-electron chi connectivity index (χ2n) is 5.08. The molecule has 0 aromatic heterocycles. The van der Waals surface area contributed by atoms with E-state index in [1.807, 2.05) is 0 Å². The molecule has 21 heavy (non-hydrogen) atoms. The molecule has 0 aliphatic heterocycles. The summed E-state index contributed by atoms with van der Waals surface area (Å²) in [7, 11) is -3.76. The summed E-state index contributed by atoms with van der Waals surface area (Å²) in [6.07, 6.45) is 1.87. The Morgan fingerprint density at radius 2 is 1.90 bits per heavy atom.